The van der Waals surface area contributed by atoms with Gasteiger partial charge in [0.25, 0.3) is 0 Å². The molecule has 0 heterocycles. The number of halogens is 1. The lowest BCUT2D eigenvalue weighted by Crippen LogP contribution is -2.12. The molecule has 0 N–H and O–H groups in total. The first-order chi connectivity index (χ1) is 10.8. The van der Waals surface area contributed by atoms with Crippen LogP contribution in [0.4, 0.5) is 0 Å². The maximum atomic E-state index is 10.9. The van der Waals surface area contributed by atoms with E-state index in [0.717, 1.165) is 6.29 Å². The molecule has 22 heavy (non-hydrogen) atoms. The van der Waals surface area contributed by atoms with Gasteiger partial charge in [-0.2, -0.15) is 0 Å². The molecule has 6 nitrogen and oxygen atoms in total. The number of ether oxygens (including phenoxy) is 5. The number of hydrogen-bond acceptors (Lipinski definition) is 6. The number of carbonyl (C=O) groups excluding carboxylic acids is 1. The Morgan fingerprint density at radius 1 is 0.955 bits per heavy atom. The summed E-state index contributed by atoms with van der Waals surface area (Å²) < 4.78 is 26.5. The van der Waals surface area contributed by atoms with Crippen LogP contribution in [-0.2, 0) is 9.47 Å². The van der Waals surface area contributed by atoms with Gasteiger partial charge in [0.05, 0.1) is 40.6 Å². The lowest BCUT2D eigenvalue weighted by atomic mass is 10.2. The van der Waals surface area contributed by atoms with Crippen LogP contribution in [0.2, 0.25) is 0 Å². The third kappa shape index (κ3) is 6.09. The van der Waals surface area contributed by atoms with E-state index in [1.54, 1.807) is 12.1 Å². The predicted octanol–water partition coefficient (Wildman–Crippen LogP) is 2.17. The summed E-state index contributed by atoms with van der Waals surface area (Å²) in [4.78, 5) is 10.9. The van der Waals surface area contributed by atoms with E-state index in [4.69, 9.17) is 35.3 Å². The highest BCUT2D eigenvalue weighted by Crippen LogP contribution is 2.37. The Hall–Kier alpha value is -1.50. The van der Waals surface area contributed by atoms with E-state index in [1.807, 2.05) is 0 Å². The molecule has 7 heteroatoms. The van der Waals surface area contributed by atoms with Crippen molar-refractivity contribution in [3.63, 3.8) is 0 Å². The largest absolute Gasteiger partial charge is 0.493 e. The zero-order chi connectivity index (χ0) is 16.2. The molecule has 0 amide bonds. The standard InChI is InChI=1S/C15H21ClO6/c1-18-13-9-12(11-17)10-14(15(13)19-2)22-8-7-21-6-5-20-4-3-16/h9-11H,3-8H2,1-2H3. The van der Waals surface area contributed by atoms with Crippen LogP contribution >= 0.6 is 11.6 Å². The van der Waals surface area contributed by atoms with Crippen LogP contribution in [0, 0.1) is 0 Å². The summed E-state index contributed by atoms with van der Waals surface area (Å²) in [7, 11) is 3.01. The van der Waals surface area contributed by atoms with Crippen LogP contribution in [-0.4, -0.2) is 59.4 Å². The van der Waals surface area contributed by atoms with Gasteiger partial charge in [-0.05, 0) is 12.1 Å². The molecule has 0 aliphatic heterocycles. The van der Waals surface area contributed by atoms with Crippen LogP contribution in [0.25, 0.3) is 0 Å². The Kier molecular flexibility index (Phi) is 9.37. The van der Waals surface area contributed by atoms with Gasteiger partial charge >= 0.3 is 0 Å². The first kappa shape index (κ1) is 18.5. The molecule has 1 rings (SSSR count). The fourth-order valence-electron chi connectivity index (χ4n) is 1.71. The molecule has 0 aromatic heterocycles. The van der Waals surface area contributed by atoms with Gasteiger partial charge in [0.1, 0.15) is 12.9 Å². The number of rotatable bonds is 12. The second-order valence-corrected chi connectivity index (χ2v) is 4.51. The Balaban J connectivity index is 2.45. The van der Waals surface area contributed by atoms with E-state index in [1.165, 1.54) is 14.2 Å². The first-order valence-corrected chi connectivity index (χ1v) is 7.35. The number of carbonyl (C=O) groups is 1. The average Bonchev–Trinajstić information content (AvgIpc) is 2.56. The summed E-state index contributed by atoms with van der Waals surface area (Å²) in [6.07, 6.45) is 0.722. The number of alkyl halides is 1. The molecule has 0 saturated carbocycles. The molecular weight excluding hydrogens is 312 g/mol. The van der Waals surface area contributed by atoms with E-state index in [9.17, 15) is 4.79 Å². The molecule has 0 aliphatic rings. The molecule has 1 aromatic carbocycles. The van der Waals surface area contributed by atoms with Crippen LogP contribution < -0.4 is 14.2 Å². The molecule has 0 radical (unpaired) electrons. The van der Waals surface area contributed by atoms with Crippen molar-refractivity contribution in [2.45, 2.75) is 0 Å². The number of hydrogen-bond donors (Lipinski definition) is 0. The summed E-state index contributed by atoms with van der Waals surface area (Å²) in [5.74, 6) is 1.79. The summed E-state index contributed by atoms with van der Waals surface area (Å²) in [5.41, 5.74) is 0.447. The maximum Gasteiger partial charge on any atom is 0.203 e. The highest BCUT2D eigenvalue weighted by atomic mass is 35.5. The smallest absolute Gasteiger partial charge is 0.203 e. The predicted molar refractivity (Wildman–Crippen MR) is 82.8 cm³/mol. The van der Waals surface area contributed by atoms with E-state index < -0.39 is 0 Å². The highest BCUT2D eigenvalue weighted by molar-refractivity contribution is 6.17. The van der Waals surface area contributed by atoms with Gasteiger partial charge in [0.15, 0.2) is 11.5 Å². The lowest BCUT2D eigenvalue weighted by molar-refractivity contribution is 0.0406. The quantitative estimate of drug-likeness (QED) is 0.332. The molecule has 0 fully saturated rings. The average molecular weight is 333 g/mol. The second kappa shape index (κ2) is 11.1. The fraction of sp³-hybridized carbons (Fsp3) is 0.533. The summed E-state index contributed by atoms with van der Waals surface area (Å²) >= 11 is 5.48. The van der Waals surface area contributed by atoms with E-state index >= 15 is 0 Å². The van der Waals surface area contributed by atoms with E-state index in [-0.39, 0.29) is 0 Å². The SMILES string of the molecule is COc1cc(C=O)cc(OCCOCCOCCCl)c1OC. The highest BCUT2D eigenvalue weighted by Gasteiger charge is 2.13. The fourth-order valence-corrected chi connectivity index (χ4v) is 1.82. The van der Waals surface area contributed by atoms with Crippen LogP contribution in [0.3, 0.4) is 0 Å². The molecule has 0 spiro atoms. The van der Waals surface area contributed by atoms with Gasteiger partial charge in [-0.25, -0.2) is 0 Å². The summed E-state index contributed by atoms with van der Waals surface area (Å²) in [6, 6.07) is 3.18. The normalized spacial score (nSPS) is 10.3. The first-order valence-electron chi connectivity index (χ1n) is 6.82. The molecule has 0 aliphatic carbocycles. The Morgan fingerprint density at radius 3 is 2.18 bits per heavy atom. The van der Waals surface area contributed by atoms with Gasteiger partial charge in [-0.1, -0.05) is 0 Å². The van der Waals surface area contributed by atoms with Crippen molar-refractivity contribution in [3.05, 3.63) is 17.7 Å². The Labute approximate surface area is 135 Å². The molecule has 124 valence electrons. The topological polar surface area (TPSA) is 63.2 Å². The molecule has 0 unspecified atom stereocenters. The van der Waals surface area contributed by atoms with Crippen molar-refractivity contribution in [3.8, 4) is 17.2 Å². The van der Waals surface area contributed by atoms with Crippen LogP contribution in [0.15, 0.2) is 12.1 Å². The third-order valence-corrected chi connectivity index (χ3v) is 2.84. The van der Waals surface area contributed by atoms with Gasteiger partial charge in [0, 0.05) is 11.4 Å². The van der Waals surface area contributed by atoms with Crippen molar-refractivity contribution in [1.82, 2.24) is 0 Å². The number of methoxy groups -OCH3 is 2. The zero-order valence-corrected chi connectivity index (χ0v) is 13.6. The Bertz CT molecular complexity index is 452. The molecule has 1 aromatic rings. The van der Waals surface area contributed by atoms with Crippen LogP contribution in [0.1, 0.15) is 10.4 Å². The molecular formula is C15H21ClO6. The minimum Gasteiger partial charge on any atom is -0.493 e. The molecule has 0 saturated heterocycles. The van der Waals surface area contributed by atoms with Crippen molar-refractivity contribution in [1.29, 1.82) is 0 Å². The minimum atomic E-state index is 0.317. The van der Waals surface area contributed by atoms with Crippen molar-refractivity contribution >= 4 is 17.9 Å². The van der Waals surface area contributed by atoms with Gasteiger partial charge in [-0.3, -0.25) is 4.79 Å². The van der Waals surface area contributed by atoms with Gasteiger partial charge in [-0.15, -0.1) is 11.6 Å². The Morgan fingerprint density at radius 2 is 1.59 bits per heavy atom. The van der Waals surface area contributed by atoms with E-state index in [2.05, 4.69) is 0 Å². The van der Waals surface area contributed by atoms with E-state index in [0.29, 0.717) is 61.7 Å². The monoisotopic (exact) mass is 332 g/mol. The van der Waals surface area contributed by atoms with Crippen LogP contribution in [0.5, 0.6) is 17.2 Å². The third-order valence-electron chi connectivity index (χ3n) is 2.68. The minimum absolute atomic E-state index is 0.317. The molecule has 0 bridgehead atoms. The maximum absolute atomic E-state index is 10.9. The summed E-state index contributed by atoms with van der Waals surface area (Å²) in [5, 5.41) is 0. The lowest BCUT2D eigenvalue weighted by Gasteiger charge is -2.14. The molecule has 0 atom stereocenters. The second-order valence-electron chi connectivity index (χ2n) is 4.13. The number of benzene rings is 1. The zero-order valence-electron chi connectivity index (χ0n) is 12.8. The van der Waals surface area contributed by atoms with Crippen molar-refractivity contribution in [2.75, 3.05) is 53.1 Å². The van der Waals surface area contributed by atoms with Gasteiger partial charge in [0.2, 0.25) is 5.75 Å². The van der Waals surface area contributed by atoms with Crippen molar-refractivity contribution < 1.29 is 28.5 Å². The number of aldehydes is 1. The van der Waals surface area contributed by atoms with Crippen molar-refractivity contribution in [2.24, 2.45) is 0 Å². The summed E-state index contributed by atoms with van der Waals surface area (Å²) in [6.45, 7) is 2.18. The van der Waals surface area contributed by atoms with Gasteiger partial charge < -0.3 is 23.7 Å².